The lowest BCUT2D eigenvalue weighted by atomic mass is 10.1. The Morgan fingerprint density at radius 3 is 2.62 bits per heavy atom. The second kappa shape index (κ2) is 6.62. The molecule has 3 rings (SSSR count). The Morgan fingerprint density at radius 1 is 1.17 bits per heavy atom. The minimum absolute atomic E-state index is 0.0863. The van der Waals surface area contributed by atoms with Crippen LogP contribution in [0.2, 0.25) is 0 Å². The number of carbonyl (C=O) groups excluding carboxylic acids is 1. The average Bonchev–Trinajstić information content (AvgIpc) is 3.05. The summed E-state index contributed by atoms with van der Waals surface area (Å²) in [4.78, 5) is 16.4. The molecule has 0 bridgehead atoms. The first-order chi connectivity index (χ1) is 11.5. The zero-order valence-corrected chi connectivity index (χ0v) is 12.8. The molecular formula is C18H14F2N2O2. The van der Waals surface area contributed by atoms with Gasteiger partial charge in [-0.05, 0) is 25.1 Å². The summed E-state index contributed by atoms with van der Waals surface area (Å²) in [5.41, 5.74) is 1.02. The van der Waals surface area contributed by atoms with E-state index in [0.29, 0.717) is 5.89 Å². The highest BCUT2D eigenvalue weighted by Crippen LogP contribution is 2.20. The van der Waals surface area contributed by atoms with Crippen molar-refractivity contribution >= 4 is 5.91 Å². The van der Waals surface area contributed by atoms with E-state index in [2.05, 4.69) is 10.3 Å². The molecular weight excluding hydrogens is 314 g/mol. The maximum atomic E-state index is 13.8. The van der Waals surface area contributed by atoms with Gasteiger partial charge in [0.2, 0.25) is 5.89 Å². The number of aromatic nitrogens is 1. The number of oxazole rings is 1. The number of nitrogens with zero attached hydrogens (tertiary/aromatic N) is 1. The van der Waals surface area contributed by atoms with Crippen molar-refractivity contribution < 1.29 is 18.0 Å². The summed E-state index contributed by atoms with van der Waals surface area (Å²) in [6.07, 6.45) is 1.24. The van der Waals surface area contributed by atoms with Crippen molar-refractivity contribution in [1.82, 2.24) is 10.3 Å². The molecule has 0 aliphatic rings. The first-order valence-corrected chi connectivity index (χ1v) is 7.31. The van der Waals surface area contributed by atoms with Crippen molar-refractivity contribution in [2.24, 2.45) is 0 Å². The van der Waals surface area contributed by atoms with Crippen molar-refractivity contribution in [2.45, 2.75) is 13.0 Å². The summed E-state index contributed by atoms with van der Waals surface area (Å²) in [6.45, 7) is 1.60. The predicted molar refractivity (Wildman–Crippen MR) is 84.2 cm³/mol. The van der Waals surface area contributed by atoms with Crippen LogP contribution in [0.4, 0.5) is 8.78 Å². The largest absolute Gasteiger partial charge is 0.444 e. The van der Waals surface area contributed by atoms with Gasteiger partial charge in [0, 0.05) is 17.2 Å². The quantitative estimate of drug-likeness (QED) is 0.784. The third-order valence-corrected chi connectivity index (χ3v) is 3.53. The first-order valence-electron chi connectivity index (χ1n) is 7.31. The van der Waals surface area contributed by atoms with Crippen molar-refractivity contribution in [1.29, 1.82) is 0 Å². The Hall–Kier alpha value is -3.02. The molecule has 24 heavy (non-hydrogen) atoms. The van der Waals surface area contributed by atoms with Crippen LogP contribution in [-0.4, -0.2) is 10.9 Å². The third kappa shape index (κ3) is 3.32. The second-order valence-electron chi connectivity index (χ2n) is 5.26. The van der Waals surface area contributed by atoms with Crippen LogP contribution >= 0.6 is 0 Å². The highest BCUT2D eigenvalue weighted by atomic mass is 19.1. The topological polar surface area (TPSA) is 55.1 Å². The van der Waals surface area contributed by atoms with Crippen LogP contribution in [0, 0.1) is 11.6 Å². The van der Waals surface area contributed by atoms with Crippen LogP contribution < -0.4 is 5.32 Å². The molecule has 1 amide bonds. The van der Waals surface area contributed by atoms with Crippen LogP contribution in [0.5, 0.6) is 0 Å². The SMILES string of the molecule is CC(NC(=O)c1coc(-c2ccccc2)n1)c1ccc(F)cc1F. The molecule has 1 atom stereocenters. The van der Waals surface area contributed by atoms with E-state index in [4.69, 9.17) is 4.42 Å². The fourth-order valence-electron chi connectivity index (χ4n) is 2.29. The van der Waals surface area contributed by atoms with Gasteiger partial charge in [-0.25, -0.2) is 13.8 Å². The smallest absolute Gasteiger partial charge is 0.273 e. The third-order valence-electron chi connectivity index (χ3n) is 3.53. The normalized spacial score (nSPS) is 12.0. The summed E-state index contributed by atoms with van der Waals surface area (Å²) >= 11 is 0. The van der Waals surface area contributed by atoms with Crippen LogP contribution in [0.1, 0.15) is 29.0 Å². The predicted octanol–water partition coefficient (Wildman–Crippen LogP) is 4.11. The molecule has 0 saturated carbocycles. The van der Waals surface area contributed by atoms with Gasteiger partial charge in [-0.15, -0.1) is 0 Å². The Balaban J connectivity index is 1.74. The molecule has 0 saturated heterocycles. The minimum Gasteiger partial charge on any atom is -0.444 e. The molecule has 1 heterocycles. The lowest BCUT2D eigenvalue weighted by Gasteiger charge is -2.14. The van der Waals surface area contributed by atoms with Crippen LogP contribution in [-0.2, 0) is 0 Å². The number of benzene rings is 2. The second-order valence-corrected chi connectivity index (χ2v) is 5.26. The van der Waals surface area contributed by atoms with Gasteiger partial charge in [0.05, 0.1) is 6.04 Å². The zero-order chi connectivity index (χ0) is 17.1. The summed E-state index contributed by atoms with van der Waals surface area (Å²) < 4.78 is 32.0. The van der Waals surface area contributed by atoms with Gasteiger partial charge in [0.1, 0.15) is 17.9 Å². The van der Waals surface area contributed by atoms with E-state index in [-0.39, 0.29) is 11.3 Å². The molecule has 122 valence electrons. The lowest BCUT2D eigenvalue weighted by molar-refractivity contribution is 0.0934. The molecule has 6 heteroatoms. The monoisotopic (exact) mass is 328 g/mol. The summed E-state index contributed by atoms with van der Waals surface area (Å²) in [5, 5.41) is 2.61. The maximum absolute atomic E-state index is 13.8. The van der Waals surface area contributed by atoms with E-state index >= 15 is 0 Å². The summed E-state index contributed by atoms with van der Waals surface area (Å²) in [6, 6.07) is 11.7. The number of hydrogen-bond acceptors (Lipinski definition) is 3. The van der Waals surface area contributed by atoms with Gasteiger partial charge in [0.15, 0.2) is 5.69 Å². The number of carbonyl (C=O) groups is 1. The highest BCUT2D eigenvalue weighted by molar-refractivity contribution is 5.92. The Kier molecular flexibility index (Phi) is 4.37. The van der Waals surface area contributed by atoms with E-state index in [1.165, 1.54) is 12.3 Å². The number of hydrogen-bond donors (Lipinski definition) is 1. The maximum Gasteiger partial charge on any atom is 0.273 e. The Labute approximate surface area is 137 Å². The molecule has 4 nitrogen and oxygen atoms in total. The number of nitrogens with one attached hydrogen (secondary N) is 1. The number of halogens is 2. The van der Waals surface area contributed by atoms with Gasteiger partial charge in [-0.1, -0.05) is 24.3 Å². The average molecular weight is 328 g/mol. The van der Waals surface area contributed by atoms with Crippen LogP contribution in [0.15, 0.2) is 59.2 Å². The van der Waals surface area contributed by atoms with Gasteiger partial charge >= 0.3 is 0 Å². The van der Waals surface area contributed by atoms with E-state index in [0.717, 1.165) is 17.7 Å². The van der Waals surface area contributed by atoms with Crippen LogP contribution in [0.3, 0.4) is 0 Å². The molecule has 0 aliphatic heterocycles. The van der Waals surface area contributed by atoms with Crippen LogP contribution in [0.25, 0.3) is 11.5 Å². The van der Waals surface area contributed by atoms with E-state index in [1.807, 2.05) is 30.3 Å². The lowest BCUT2D eigenvalue weighted by Crippen LogP contribution is -2.27. The summed E-state index contributed by atoms with van der Waals surface area (Å²) in [5.74, 6) is -1.56. The molecule has 0 fully saturated rings. The fourth-order valence-corrected chi connectivity index (χ4v) is 2.29. The molecule has 1 unspecified atom stereocenters. The Morgan fingerprint density at radius 2 is 1.92 bits per heavy atom. The molecule has 0 radical (unpaired) electrons. The molecule has 0 spiro atoms. The Bertz CT molecular complexity index is 862. The molecule has 0 aliphatic carbocycles. The number of amides is 1. The van der Waals surface area contributed by atoms with Gasteiger partial charge in [-0.3, -0.25) is 4.79 Å². The molecule has 1 aromatic heterocycles. The zero-order valence-electron chi connectivity index (χ0n) is 12.8. The minimum atomic E-state index is -0.715. The molecule has 2 aromatic carbocycles. The molecule has 1 N–H and O–H groups in total. The van der Waals surface area contributed by atoms with E-state index in [9.17, 15) is 13.6 Å². The molecule has 3 aromatic rings. The van der Waals surface area contributed by atoms with Crippen molar-refractivity contribution in [3.8, 4) is 11.5 Å². The van der Waals surface area contributed by atoms with Crippen molar-refractivity contribution in [3.05, 3.63) is 77.7 Å². The van der Waals surface area contributed by atoms with E-state index < -0.39 is 23.6 Å². The number of rotatable bonds is 4. The highest BCUT2D eigenvalue weighted by Gasteiger charge is 2.18. The van der Waals surface area contributed by atoms with Gasteiger partial charge in [0.25, 0.3) is 5.91 Å². The van der Waals surface area contributed by atoms with Crippen molar-refractivity contribution in [3.63, 3.8) is 0 Å². The van der Waals surface area contributed by atoms with E-state index in [1.54, 1.807) is 6.92 Å². The summed E-state index contributed by atoms with van der Waals surface area (Å²) in [7, 11) is 0. The standard InChI is InChI=1S/C18H14F2N2O2/c1-11(14-8-7-13(19)9-15(14)20)21-17(23)16-10-24-18(22-16)12-5-3-2-4-6-12/h2-11H,1H3,(H,21,23). The first kappa shape index (κ1) is 15.9. The van der Waals surface area contributed by atoms with Gasteiger partial charge < -0.3 is 9.73 Å². The van der Waals surface area contributed by atoms with Gasteiger partial charge in [-0.2, -0.15) is 0 Å². The fraction of sp³-hybridized carbons (Fsp3) is 0.111. The van der Waals surface area contributed by atoms with Crippen molar-refractivity contribution in [2.75, 3.05) is 0 Å².